The van der Waals surface area contributed by atoms with Crippen LogP contribution in [-0.4, -0.2) is 46.0 Å². The van der Waals surface area contributed by atoms with Gasteiger partial charge in [-0.1, -0.05) is 17.7 Å². The molecule has 2 aliphatic rings. The summed E-state index contributed by atoms with van der Waals surface area (Å²) in [6, 6.07) is 9.09. The van der Waals surface area contributed by atoms with Gasteiger partial charge in [-0.05, 0) is 71.9 Å². The fraction of sp³-hybridized carbons (Fsp3) is 0.318. The second-order valence-electron chi connectivity index (χ2n) is 8.26. The van der Waals surface area contributed by atoms with Crippen molar-refractivity contribution >= 4 is 37.6 Å². The number of sulfonamides is 1. The van der Waals surface area contributed by atoms with Crippen LogP contribution < -0.4 is 0 Å². The van der Waals surface area contributed by atoms with Crippen molar-refractivity contribution in [2.45, 2.75) is 48.8 Å². The number of nitrogens with one attached hydrogen (secondary N) is 1. The highest BCUT2D eigenvalue weighted by Gasteiger charge is 2.47. The van der Waals surface area contributed by atoms with Crippen LogP contribution >= 0.6 is 27.5 Å². The molecule has 0 spiro atoms. The number of hydrogen-bond acceptors (Lipinski definition) is 4. The monoisotopic (exact) mass is 539 g/mol. The number of nitrogens with zero attached hydrogens (tertiary/aromatic N) is 2. The van der Waals surface area contributed by atoms with Crippen molar-refractivity contribution < 1.29 is 17.9 Å². The summed E-state index contributed by atoms with van der Waals surface area (Å²) in [5.74, 6) is 0.0632. The summed E-state index contributed by atoms with van der Waals surface area (Å²) in [6.45, 7) is 0. The average Bonchev–Trinajstić information content (AvgIpc) is 3.34. The predicted molar refractivity (Wildman–Crippen MR) is 123 cm³/mol. The molecule has 2 saturated heterocycles. The van der Waals surface area contributed by atoms with Gasteiger partial charge in [-0.2, -0.15) is 4.31 Å². The zero-order chi connectivity index (χ0) is 22.6. The smallest absolute Gasteiger partial charge is 0.245 e. The topological polar surface area (TPSA) is 86.3 Å². The first-order valence-electron chi connectivity index (χ1n) is 10.3. The first kappa shape index (κ1) is 22.0. The molecule has 2 fully saturated rings. The number of H-pyrrole nitrogens is 1. The molecular formula is C22H20BrClFN3O3S. The number of imidazole rings is 1. The molecule has 32 heavy (non-hydrogen) atoms. The van der Waals surface area contributed by atoms with E-state index >= 15 is 0 Å². The Morgan fingerprint density at radius 2 is 1.81 bits per heavy atom. The fourth-order valence-corrected chi connectivity index (χ4v) is 7.38. The van der Waals surface area contributed by atoms with Crippen LogP contribution in [0, 0.1) is 5.82 Å². The van der Waals surface area contributed by atoms with Gasteiger partial charge < -0.3 is 10.1 Å². The lowest BCUT2D eigenvalue weighted by Gasteiger charge is -2.36. The molecule has 2 unspecified atom stereocenters. The zero-order valence-electron chi connectivity index (χ0n) is 16.8. The highest BCUT2D eigenvalue weighted by atomic mass is 79.9. The van der Waals surface area contributed by atoms with Gasteiger partial charge in [-0.3, -0.25) is 0 Å². The minimum Gasteiger partial charge on any atom is -0.393 e. The van der Waals surface area contributed by atoms with Gasteiger partial charge in [0.25, 0.3) is 0 Å². The fourth-order valence-electron chi connectivity index (χ4n) is 4.74. The number of rotatable bonds is 4. The van der Waals surface area contributed by atoms with Gasteiger partial charge in [0.15, 0.2) is 0 Å². The number of piperidine rings is 1. The van der Waals surface area contributed by atoms with Gasteiger partial charge >= 0.3 is 0 Å². The van der Waals surface area contributed by atoms with Gasteiger partial charge in [0, 0.05) is 23.2 Å². The molecule has 1 aromatic heterocycles. The van der Waals surface area contributed by atoms with Crippen LogP contribution in [0.25, 0.3) is 22.6 Å². The second-order valence-corrected chi connectivity index (χ2v) is 11.3. The molecule has 0 saturated carbocycles. The van der Waals surface area contributed by atoms with Crippen molar-refractivity contribution in [1.29, 1.82) is 0 Å². The summed E-state index contributed by atoms with van der Waals surface area (Å²) in [4.78, 5) is 7.51. The molecule has 168 valence electrons. The Morgan fingerprint density at radius 1 is 1.12 bits per heavy atom. The van der Waals surface area contributed by atoms with Gasteiger partial charge in [-0.25, -0.2) is 17.8 Å². The lowest BCUT2D eigenvalue weighted by atomic mass is 10.0. The van der Waals surface area contributed by atoms with Crippen LogP contribution in [0.4, 0.5) is 4.39 Å². The highest BCUT2D eigenvalue weighted by molar-refractivity contribution is 9.10. The van der Waals surface area contributed by atoms with Crippen LogP contribution in [0.3, 0.4) is 0 Å². The molecule has 2 bridgehead atoms. The Hall–Kier alpha value is -1.78. The van der Waals surface area contributed by atoms with E-state index in [2.05, 4.69) is 25.9 Å². The van der Waals surface area contributed by atoms with Crippen molar-refractivity contribution in [2.24, 2.45) is 0 Å². The van der Waals surface area contributed by atoms with Crippen LogP contribution in [0.5, 0.6) is 0 Å². The van der Waals surface area contributed by atoms with Crippen LogP contribution in [0.15, 0.2) is 52.0 Å². The average molecular weight is 541 g/mol. The number of benzene rings is 2. The summed E-state index contributed by atoms with van der Waals surface area (Å²) < 4.78 is 42.9. The normalized spacial score (nSPS) is 23.6. The van der Waals surface area contributed by atoms with E-state index in [0.717, 1.165) is 12.8 Å². The molecule has 10 heteroatoms. The van der Waals surface area contributed by atoms with Crippen molar-refractivity contribution in [3.05, 3.63) is 57.9 Å². The van der Waals surface area contributed by atoms with E-state index in [1.165, 1.54) is 16.4 Å². The number of halogens is 3. The molecule has 3 heterocycles. The van der Waals surface area contributed by atoms with E-state index in [-0.39, 0.29) is 27.8 Å². The zero-order valence-corrected chi connectivity index (χ0v) is 20.0. The van der Waals surface area contributed by atoms with Crippen LogP contribution in [0.2, 0.25) is 5.02 Å². The molecule has 3 aromatic rings. The van der Waals surface area contributed by atoms with Crippen LogP contribution in [0.1, 0.15) is 25.7 Å². The quantitative estimate of drug-likeness (QED) is 0.489. The Kier molecular flexibility index (Phi) is 5.66. The lowest BCUT2D eigenvalue weighted by Crippen LogP contribution is -2.47. The molecule has 0 aliphatic carbocycles. The lowest BCUT2D eigenvalue weighted by molar-refractivity contribution is 0.0769. The summed E-state index contributed by atoms with van der Waals surface area (Å²) in [5, 5.41) is 10.2. The summed E-state index contributed by atoms with van der Waals surface area (Å²) >= 11 is 9.47. The summed E-state index contributed by atoms with van der Waals surface area (Å²) in [5.41, 5.74) is 1.78. The van der Waals surface area contributed by atoms with Gasteiger partial charge in [0.2, 0.25) is 10.0 Å². The first-order valence-corrected chi connectivity index (χ1v) is 12.9. The van der Waals surface area contributed by atoms with E-state index in [1.54, 1.807) is 30.5 Å². The molecule has 2 aromatic carbocycles. The summed E-state index contributed by atoms with van der Waals surface area (Å²) in [7, 11) is -3.84. The van der Waals surface area contributed by atoms with E-state index < -0.39 is 16.1 Å². The number of fused-ring (bicyclic) bond motifs is 2. The maximum atomic E-state index is 13.9. The molecule has 2 aliphatic heterocycles. The van der Waals surface area contributed by atoms with Crippen molar-refractivity contribution in [2.75, 3.05) is 0 Å². The molecule has 3 atom stereocenters. The molecular weight excluding hydrogens is 521 g/mol. The highest BCUT2D eigenvalue weighted by Crippen LogP contribution is 2.41. The van der Waals surface area contributed by atoms with Gasteiger partial charge in [-0.15, -0.1) is 0 Å². The Labute approximate surface area is 198 Å². The Balaban J connectivity index is 1.50. The number of aliphatic hydroxyl groups excluding tert-OH is 1. The van der Waals surface area contributed by atoms with Crippen molar-refractivity contribution in [1.82, 2.24) is 14.3 Å². The molecule has 0 radical (unpaired) electrons. The van der Waals surface area contributed by atoms with Gasteiger partial charge in [0.05, 0.1) is 27.5 Å². The maximum absolute atomic E-state index is 13.9. The number of aliphatic hydroxyl groups is 1. The third-order valence-electron chi connectivity index (χ3n) is 6.21. The molecule has 5 rings (SSSR count). The Morgan fingerprint density at radius 3 is 2.50 bits per heavy atom. The van der Waals surface area contributed by atoms with Crippen LogP contribution in [-0.2, 0) is 10.0 Å². The number of hydrogen-bond donors (Lipinski definition) is 2. The predicted octanol–water partition coefficient (Wildman–Crippen LogP) is 4.98. The van der Waals surface area contributed by atoms with E-state index in [4.69, 9.17) is 11.6 Å². The molecule has 0 amide bonds. The number of aromatic nitrogens is 2. The van der Waals surface area contributed by atoms with Gasteiger partial charge in [0.1, 0.15) is 16.5 Å². The Bertz CT molecular complexity index is 1290. The van der Waals surface area contributed by atoms with Crippen molar-refractivity contribution in [3.63, 3.8) is 0 Å². The van der Waals surface area contributed by atoms with E-state index in [0.29, 0.717) is 40.0 Å². The maximum Gasteiger partial charge on any atom is 0.245 e. The molecule has 6 nitrogen and oxygen atoms in total. The van der Waals surface area contributed by atoms with Crippen molar-refractivity contribution in [3.8, 4) is 22.6 Å². The first-order chi connectivity index (χ1) is 15.2. The SMILES string of the molecule is O=S(=O)(c1cc(-c2ncc(-c3ccc(Br)c(F)c3)[nH]2)ccc1Cl)N1C2CC[C@@H]1CC(O)C2. The summed E-state index contributed by atoms with van der Waals surface area (Å²) in [6.07, 6.45) is 3.47. The minimum atomic E-state index is -3.84. The number of aromatic amines is 1. The largest absolute Gasteiger partial charge is 0.393 e. The third-order valence-corrected chi connectivity index (χ3v) is 9.34. The minimum absolute atomic E-state index is 0.0255. The molecule has 2 N–H and O–H groups in total. The van der Waals surface area contributed by atoms with E-state index in [1.807, 2.05) is 0 Å². The third kappa shape index (κ3) is 3.80. The second kappa shape index (κ2) is 8.22. The van der Waals surface area contributed by atoms with E-state index in [9.17, 15) is 17.9 Å². The standard InChI is InChI=1S/C22H20BrClFN3O3S/c23-17-5-1-12(7-19(17)25)20-11-26-22(27-20)13-2-6-18(24)21(8-13)32(30,31)28-14-3-4-15(28)10-16(29)9-14/h1-2,5-8,11,14-16,29H,3-4,9-10H2,(H,26,27)/t14-,15?,16?/m1/s1.